The maximum atomic E-state index is 6.63. The van der Waals surface area contributed by atoms with E-state index in [1.807, 2.05) is 0 Å². The van der Waals surface area contributed by atoms with Crippen LogP contribution in [0.1, 0.15) is 22.3 Å². The molecule has 0 spiro atoms. The van der Waals surface area contributed by atoms with Crippen molar-refractivity contribution in [3.63, 3.8) is 0 Å². The van der Waals surface area contributed by atoms with E-state index in [-0.39, 0.29) is 6.85 Å². The first kappa shape index (κ1) is 24.3. The van der Waals surface area contributed by atoms with Crippen molar-refractivity contribution in [2.45, 2.75) is 27.7 Å². The van der Waals surface area contributed by atoms with Crippen LogP contribution in [-0.2, 0) is 0 Å². The van der Waals surface area contributed by atoms with Gasteiger partial charge in [-0.15, -0.1) is 0 Å². The highest BCUT2D eigenvalue weighted by molar-refractivity contribution is 6.88. The summed E-state index contributed by atoms with van der Waals surface area (Å²) in [5.41, 5.74) is 16.1. The van der Waals surface area contributed by atoms with Gasteiger partial charge in [-0.25, -0.2) is 0 Å². The highest BCUT2D eigenvalue weighted by atomic mass is 16.3. The minimum absolute atomic E-state index is 0.0145. The van der Waals surface area contributed by atoms with Crippen LogP contribution in [0.2, 0.25) is 0 Å². The Balaban J connectivity index is 1.42. The van der Waals surface area contributed by atoms with Crippen molar-refractivity contribution in [3.8, 4) is 5.69 Å². The monoisotopic (exact) mass is 564 g/mol. The van der Waals surface area contributed by atoms with E-state index in [0.717, 1.165) is 16.6 Å². The zero-order chi connectivity index (χ0) is 29.4. The molecule has 0 saturated carbocycles. The number of rotatable bonds is 1. The third-order valence-corrected chi connectivity index (χ3v) is 10.0. The second-order valence-electron chi connectivity index (χ2n) is 12.8. The molecular weight excluding hydrogens is 535 g/mol. The second kappa shape index (κ2) is 8.24. The normalized spacial score (nSPS) is 13.0. The van der Waals surface area contributed by atoms with Crippen LogP contribution in [0.4, 0.5) is 0 Å². The van der Waals surface area contributed by atoms with Crippen molar-refractivity contribution in [2.75, 3.05) is 0 Å². The van der Waals surface area contributed by atoms with Gasteiger partial charge in [0, 0.05) is 43.7 Å². The van der Waals surface area contributed by atoms with Gasteiger partial charge in [0.1, 0.15) is 11.2 Å². The molecule has 1 aliphatic rings. The van der Waals surface area contributed by atoms with Gasteiger partial charge < -0.3 is 13.5 Å². The Morgan fingerprint density at radius 2 is 1.20 bits per heavy atom. The SMILES string of the molecule is Cc1cc(C)c2c(c1)c1cc(C)cc(C)c1n2B1c2ccccc2-n2c3ccc4c5ccccc5oc4c3c3cccc1c32. The Morgan fingerprint density at radius 3 is 1.98 bits per heavy atom. The predicted octanol–water partition coefficient (Wildman–Crippen LogP) is 8.99. The molecule has 0 fully saturated rings. The van der Waals surface area contributed by atoms with Gasteiger partial charge in [-0.3, -0.25) is 0 Å². The van der Waals surface area contributed by atoms with Crippen LogP contribution in [0.15, 0.2) is 108 Å². The first-order chi connectivity index (χ1) is 21.5. The molecule has 0 unspecified atom stereocenters. The molecule has 0 saturated heterocycles. The molecule has 10 rings (SSSR count). The molecule has 3 aromatic heterocycles. The largest absolute Gasteiger partial charge is 0.455 e. The van der Waals surface area contributed by atoms with Gasteiger partial charge in [0.05, 0.1) is 16.4 Å². The first-order valence-corrected chi connectivity index (χ1v) is 15.5. The third-order valence-electron chi connectivity index (χ3n) is 10.0. The van der Waals surface area contributed by atoms with E-state index in [9.17, 15) is 0 Å². The summed E-state index contributed by atoms with van der Waals surface area (Å²) in [7, 11) is 0. The van der Waals surface area contributed by atoms with Crippen molar-refractivity contribution < 1.29 is 4.42 Å². The van der Waals surface area contributed by atoms with E-state index < -0.39 is 0 Å². The Morgan fingerprint density at radius 1 is 0.545 bits per heavy atom. The third kappa shape index (κ3) is 2.88. The van der Waals surface area contributed by atoms with Crippen LogP contribution in [0, 0.1) is 27.7 Å². The number of para-hydroxylation sites is 3. The summed E-state index contributed by atoms with van der Waals surface area (Å²) in [5, 5.41) is 7.43. The zero-order valence-electron chi connectivity index (χ0n) is 25.2. The average Bonchev–Trinajstić information content (AvgIpc) is 3.66. The summed E-state index contributed by atoms with van der Waals surface area (Å²) < 4.78 is 11.8. The molecule has 0 radical (unpaired) electrons. The van der Waals surface area contributed by atoms with Crippen LogP contribution >= 0.6 is 0 Å². The van der Waals surface area contributed by atoms with Gasteiger partial charge >= 0.3 is 6.85 Å². The summed E-state index contributed by atoms with van der Waals surface area (Å²) in [5.74, 6) is 0. The lowest BCUT2D eigenvalue weighted by Gasteiger charge is -2.29. The topological polar surface area (TPSA) is 23.0 Å². The van der Waals surface area contributed by atoms with E-state index in [4.69, 9.17) is 4.42 Å². The highest BCUT2D eigenvalue weighted by Crippen LogP contribution is 2.42. The summed E-state index contributed by atoms with van der Waals surface area (Å²) in [6, 6.07) is 38.2. The minimum Gasteiger partial charge on any atom is -0.455 e. The van der Waals surface area contributed by atoms with Gasteiger partial charge in [-0.05, 0) is 86.1 Å². The fourth-order valence-electron chi connectivity index (χ4n) is 8.54. The lowest BCUT2D eigenvalue weighted by atomic mass is 9.48. The maximum Gasteiger partial charge on any atom is 0.332 e. The molecule has 4 heteroatoms. The van der Waals surface area contributed by atoms with Crippen molar-refractivity contribution in [3.05, 3.63) is 125 Å². The molecule has 4 heterocycles. The lowest BCUT2D eigenvalue weighted by molar-refractivity contribution is 0.673. The number of fused-ring (bicyclic) bond motifs is 12. The number of aromatic nitrogens is 2. The smallest absolute Gasteiger partial charge is 0.332 e. The quantitative estimate of drug-likeness (QED) is 0.183. The van der Waals surface area contributed by atoms with Gasteiger partial charge in [0.2, 0.25) is 0 Å². The lowest BCUT2D eigenvalue weighted by Crippen LogP contribution is -2.53. The minimum atomic E-state index is 0.0145. The molecule has 0 N–H and O–H groups in total. The fourth-order valence-corrected chi connectivity index (χ4v) is 8.54. The molecule has 9 aromatic rings. The molecule has 3 nitrogen and oxygen atoms in total. The van der Waals surface area contributed by atoms with Gasteiger partial charge in [-0.1, -0.05) is 77.9 Å². The number of furan rings is 1. The summed E-state index contributed by atoms with van der Waals surface area (Å²) >= 11 is 0. The van der Waals surface area contributed by atoms with Crippen molar-refractivity contribution in [1.29, 1.82) is 0 Å². The van der Waals surface area contributed by atoms with E-state index in [1.54, 1.807) is 0 Å². The van der Waals surface area contributed by atoms with Crippen molar-refractivity contribution >= 4 is 83.3 Å². The van der Waals surface area contributed by atoms with Crippen LogP contribution in [0.25, 0.3) is 71.2 Å². The van der Waals surface area contributed by atoms with Gasteiger partial charge in [-0.2, -0.15) is 0 Å². The van der Waals surface area contributed by atoms with Crippen LogP contribution in [0.3, 0.4) is 0 Å². The molecular formula is C40H29BN2O. The second-order valence-corrected chi connectivity index (χ2v) is 12.8. The molecule has 0 bridgehead atoms. The van der Waals surface area contributed by atoms with Crippen LogP contribution in [0.5, 0.6) is 0 Å². The molecule has 208 valence electrons. The Hall–Kier alpha value is -5.22. The van der Waals surface area contributed by atoms with E-state index in [1.165, 1.54) is 87.9 Å². The Kier molecular flexibility index (Phi) is 4.54. The van der Waals surface area contributed by atoms with Gasteiger partial charge in [0.25, 0.3) is 0 Å². The van der Waals surface area contributed by atoms with Crippen LogP contribution < -0.4 is 10.9 Å². The molecule has 0 aliphatic carbocycles. The van der Waals surface area contributed by atoms with E-state index in [2.05, 4.69) is 140 Å². The predicted molar refractivity (Wildman–Crippen MR) is 187 cm³/mol. The summed E-state index contributed by atoms with van der Waals surface area (Å²) in [6.45, 7) is 8.99. The Bertz CT molecular complexity index is 2650. The summed E-state index contributed by atoms with van der Waals surface area (Å²) in [6.07, 6.45) is 0. The molecule has 0 amide bonds. The fraction of sp³-hybridized carbons (Fsp3) is 0.100. The summed E-state index contributed by atoms with van der Waals surface area (Å²) in [4.78, 5) is 0. The van der Waals surface area contributed by atoms with Crippen molar-refractivity contribution in [2.24, 2.45) is 0 Å². The standard InChI is InChI=1S/C40H29BN2O/c1-22-18-24(3)37-29(20-22)30-21-23(2)19-25(4)38(30)43(37)41-31-12-6-7-14-33(31)42-34-17-16-27-26-10-5-8-15-35(26)44-40(27)36(34)28-11-9-13-32(41)39(28)42/h5-21H,1-4H3. The number of aryl methyl sites for hydroxylation is 4. The number of nitrogens with zero attached hydrogens (tertiary/aromatic N) is 2. The number of benzene rings is 6. The van der Waals surface area contributed by atoms with Crippen molar-refractivity contribution in [1.82, 2.24) is 9.05 Å². The molecule has 44 heavy (non-hydrogen) atoms. The first-order valence-electron chi connectivity index (χ1n) is 15.5. The van der Waals surface area contributed by atoms with E-state index in [0.29, 0.717) is 0 Å². The average molecular weight is 564 g/mol. The molecule has 0 atom stereocenters. The molecule has 6 aromatic carbocycles. The highest BCUT2D eigenvalue weighted by Gasteiger charge is 2.37. The number of hydrogen-bond donors (Lipinski definition) is 0. The Labute approximate surface area is 255 Å². The van der Waals surface area contributed by atoms with Gasteiger partial charge in [0.15, 0.2) is 0 Å². The van der Waals surface area contributed by atoms with E-state index >= 15 is 0 Å². The van der Waals surface area contributed by atoms with Crippen LogP contribution in [-0.4, -0.2) is 15.9 Å². The number of hydrogen-bond acceptors (Lipinski definition) is 1. The maximum absolute atomic E-state index is 6.63. The zero-order valence-corrected chi connectivity index (χ0v) is 25.2. The molecule has 1 aliphatic heterocycles.